The summed E-state index contributed by atoms with van der Waals surface area (Å²) in [6.07, 6.45) is 1.95. The number of hydrogen-bond donors (Lipinski definition) is 8. The molecule has 1 heterocycles. The van der Waals surface area contributed by atoms with Gasteiger partial charge in [-0.2, -0.15) is 0 Å². The second-order valence-corrected chi connectivity index (χ2v) is 7.57. The lowest BCUT2D eigenvalue weighted by molar-refractivity contribution is -0.145. The maximum absolute atomic E-state index is 13.0. The van der Waals surface area contributed by atoms with Crippen LogP contribution in [0.5, 0.6) is 0 Å². The van der Waals surface area contributed by atoms with Gasteiger partial charge in [-0.05, 0) is 12.8 Å². The van der Waals surface area contributed by atoms with Gasteiger partial charge in [0.25, 0.3) is 0 Å². The summed E-state index contributed by atoms with van der Waals surface area (Å²) in [4.78, 5) is 55.9. The number of aromatic nitrogens is 2. The molecule has 0 bridgehead atoms. The van der Waals surface area contributed by atoms with E-state index in [4.69, 9.17) is 10.8 Å². The minimum Gasteiger partial charge on any atom is -0.480 e. The number of aliphatic hydroxyl groups excluding tert-OH is 2. The van der Waals surface area contributed by atoms with Crippen molar-refractivity contribution >= 4 is 23.7 Å². The molecule has 0 fully saturated rings. The highest BCUT2D eigenvalue weighted by atomic mass is 16.4. The zero-order valence-electron chi connectivity index (χ0n) is 18.2. The fourth-order valence-corrected chi connectivity index (χ4v) is 2.77. The van der Waals surface area contributed by atoms with Crippen LogP contribution in [-0.4, -0.2) is 85.9 Å². The third kappa shape index (κ3) is 7.90. The van der Waals surface area contributed by atoms with E-state index in [0.717, 1.165) is 0 Å². The summed E-state index contributed by atoms with van der Waals surface area (Å²) >= 11 is 0. The molecule has 13 heteroatoms. The van der Waals surface area contributed by atoms with E-state index in [1.54, 1.807) is 13.8 Å². The van der Waals surface area contributed by atoms with Crippen LogP contribution < -0.4 is 21.7 Å². The summed E-state index contributed by atoms with van der Waals surface area (Å²) in [5, 5.41) is 35.1. The van der Waals surface area contributed by atoms with Crippen molar-refractivity contribution in [1.29, 1.82) is 0 Å². The van der Waals surface area contributed by atoms with Crippen molar-refractivity contribution in [2.75, 3.05) is 6.61 Å². The molecule has 0 aromatic carbocycles. The minimum atomic E-state index is -1.56. The zero-order chi connectivity index (χ0) is 24.4. The van der Waals surface area contributed by atoms with Crippen molar-refractivity contribution in [2.45, 2.75) is 63.9 Å². The van der Waals surface area contributed by atoms with Gasteiger partial charge in [0.1, 0.15) is 18.1 Å². The highest BCUT2D eigenvalue weighted by molar-refractivity contribution is 5.94. The summed E-state index contributed by atoms with van der Waals surface area (Å²) in [5.41, 5.74) is 6.03. The van der Waals surface area contributed by atoms with Gasteiger partial charge in [0.2, 0.25) is 17.7 Å². The third-order valence-corrected chi connectivity index (χ3v) is 4.98. The molecule has 3 amide bonds. The van der Waals surface area contributed by atoms with Gasteiger partial charge in [-0.15, -0.1) is 0 Å². The van der Waals surface area contributed by atoms with E-state index >= 15 is 0 Å². The van der Waals surface area contributed by atoms with Crippen molar-refractivity contribution in [3.05, 3.63) is 18.2 Å². The monoisotopic (exact) mass is 456 g/mol. The molecule has 9 N–H and O–H groups in total. The molecule has 0 saturated heterocycles. The van der Waals surface area contributed by atoms with Crippen LogP contribution in [0, 0.1) is 5.92 Å². The van der Waals surface area contributed by atoms with E-state index < -0.39 is 66.5 Å². The Morgan fingerprint density at radius 2 is 1.72 bits per heavy atom. The molecule has 0 radical (unpaired) electrons. The van der Waals surface area contributed by atoms with Crippen LogP contribution in [0.25, 0.3) is 0 Å². The van der Waals surface area contributed by atoms with Crippen LogP contribution in [0.15, 0.2) is 12.5 Å². The second-order valence-electron chi connectivity index (χ2n) is 7.57. The number of nitrogens with one attached hydrogen (secondary N) is 4. The summed E-state index contributed by atoms with van der Waals surface area (Å²) in [7, 11) is 0. The smallest absolute Gasteiger partial charge is 0.328 e. The lowest BCUT2D eigenvalue weighted by Crippen LogP contribution is -2.60. The standard InChI is InChI=1S/C19H32N6O7/c1-4-9(2)14(18(30)25-15(10(3)27)19(31)32)24-17(29)13(5-11-6-21-8-22-11)23-16(28)12(20)7-26/h6,8-10,12-15,26-27H,4-5,7,20H2,1-3H3,(H,21,22)(H,23,28)(H,24,29)(H,25,30)(H,31,32). The number of aliphatic carboxylic acids is 1. The Morgan fingerprint density at radius 1 is 1.09 bits per heavy atom. The molecule has 32 heavy (non-hydrogen) atoms. The number of amides is 3. The van der Waals surface area contributed by atoms with Crippen molar-refractivity contribution < 1.29 is 34.5 Å². The Kier molecular flexibility index (Phi) is 10.7. The summed E-state index contributed by atoms with van der Waals surface area (Å²) in [6, 6.07) is -5.11. The molecule has 1 aromatic rings. The first kappa shape index (κ1) is 27.0. The van der Waals surface area contributed by atoms with Crippen LogP contribution in [0.1, 0.15) is 32.9 Å². The Bertz CT molecular complexity index is 770. The van der Waals surface area contributed by atoms with Crippen LogP contribution in [0.2, 0.25) is 0 Å². The van der Waals surface area contributed by atoms with E-state index in [9.17, 15) is 29.4 Å². The van der Waals surface area contributed by atoms with Gasteiger partial charge < -0.3 is 42.0 Å². The Labute approximate surface area is 185 Å². The number of carbonyl (C=O) groups excluding carboxylic acids is 3. The summed E-state index contributed by atoms with van der Waals surface area (Å²) < 4.78 is 0. The number of nitrogens with zero attached hydrogens (tertiary/aromatic N) is 1. The molecule has 0 spiro atoms. The molecule has 0 aliphatic heterocycles. The number of rotatable bonds is 13. The third-order valence-electron chi connectivity index (χ3n) is 4.98. The molecule has 0 saturated carbocycles. The average Bonchev–Trinajstić information content (AvgIpc) is 3.26. The molecule has 13 nitrogen and oxygen atoms in total. The fraction of sp³-hybridized carbons (Fsp3) is 0.632. The molecule has 1 rings (SSSR count). The van der Waals surface area contributed by atoms with E-state index in [2.05, 4.69) is 25.9 Å². The quantitative estimate of drug-likeness (QED) is 0.154. The number of imidazole rings is 1. The Balaban J connectivity index is 3.06. The number of carbonyl (C=O) groups is 4. The highest BCUT2D eigenvalue weighted by Gasteiger charge is 2.34. The zero-order valence-corrected chi connectivity index (χ0v) is 18.2. The van der Waals surface area contributed by atoms with Crippen molar-refractivity contribution in [1.82, 2.24) is 25.9 Å². The molecular weight excluding hydrogens is 424 g/mol. The molecule has 180 valence electrons. The van der Waals surface area contributed by atoms with Crippen LogP contribution >= 0.6 is 0 Å². The molecule has 0 aliphatic rings. The number of aliphatic hydroxyl groups is 2. The van der Waals surface area contributed by atoms with Crippen molar-refractivity contribution in [3.8, 4) is 0 Å². The van der Waals surface area contributed by atoms with Gasteiger partial charge >= 0.3 is 5.97 Å². The van der Waals surface area contributed by atoms with E-state index in [1.807, 2.05) is 0 Å². The maximum Gasteiger partial charge on any atom is 0.328 e. The van der Waals surface area contributed by atoms with Crippen LogP contribution in [0.3, 0.4) is 0 Å². The minimum absolute atomic E-state index is 0.00398. The number of nitrogens with two attached hydrogens (primary N) is 1. The Hall–Kier alpha value is -3.03. The predicted octanol–water partition coefficient (Wildman–Crippen LogP) is -2.76. The normalized spacial score (nSPS) is 16.7. The van der Waals surface area contributed by atoms with Gasteiger partial charge in [0.15, 0.2) is 6.04 Å². The summed E-state index contributed by atoms with van der Waals surface area (Å²) in [5.74, 6) is -4.10. The average molecular weight is 457 g/mol. The topological polar surface area (TPSA) is 220 Å². The van der Waals surface area contributed by atoms with Gasteiger partial charge in [-0.25, -0.2) is 9.78 Å². The Morgan fingerprint density at radius 3 is 2.19 bits per heavy atom. The summed E-state index contributed by atoms with van der Waals surface area (Å²) in [6.45, 7) is 4.06. The number of carboxylic acids is 1. The highest BCUT2D eigenvalue weighted by Crippen LogP contribution is 2.10. The largest absolute Gasteiger partial charge is 0.480 e. The number of carboxylic acid groups (broad SMARTS) is 1. The van der Waals surface area contributed by atoms with Gasteiger partial charge in [-0.1, -0.05) is 20.3 Å². The lowest BCUT2D eigenvalue weighted by Gasteiger charge is -2.28. The van der Waals surface area contributed by atoms with E-state index in [0.29, 0.717) is 12.1 Å². The first-order valence-electron chi connectivity index (χ1n) is 10.2. The predicted molar refractivity (Wildman–Crippen MR) is 112 cm³/mol. The van der Waals surface area contributed by atoms with Crippen LogP contribution in [0.4, 0.5) is 0 Å². The first-order valence-corrected chi connectivity index (χ1v) is 10.2. The molecular formula is C19H32N6O7. The molecule has 1 aromatic heterocycles. The van der Waals surface area contributed by atoms with Crippen LogP contribution in [-0.2, 0) is 25.6 Å². The van der Waals surface area contributed by atoms with E-state index in [-0.39, 0.29) is 6.42 Å². The molecule has 0 aliphatic carbocycles. The van der Waals surface area contributed by atoms with Crippen molar-refractivity contribution in [2.24, 2.45) is 11.7 Å². The second kappa shape index (κ2) is 12.7. The SMILES string of the molecule is CCC(C)C(NC(=O)C(Cc1cnc[nH]1)NC(=O)C(N)CO)C(=O)NC(C(=O)O)C(C)O. The van der Waals surface area contributed by atoms with E-state index in [1.165, 1.54) is 19.4 Å². The maximum atomic E-state index is 13.0. The number of aromatic amines is 1. The van der Waals surface area contributed by atoms with Gasteiger partial charge in [0, 0.05) is 18.3 Å². The van der Waals surface area contributed by atoms with Crippen molar-refractivity contribution in [3.63, 3.8) is 0 Å². The lowest BCUT2D eigenvalue weighted by atomic mass is 9.97. The molecule has 6 unspecified atom stereocenters. The van der Waals surface area contributed by atoms with Gasteiger partial charge in [-0.3, -0.25) is 14.4 Å². The number of hydrogen-bond acceptors (Lipinski definition) is 8. The molecule has 6 atom stereocenters. The fourth-order valence-electron chi connectivity index (χ4n) is 2.77. The number of H-pyrrole nitrogens is 1. The van der Waals surface area contributed by atoms with Gasteiger partial charge in [0.05, 0.1) is 19.0 Å². The first-order chi connectivity index (χ1) is 15.0.